The highest BCUT2D eigenvalue weighted by Gasteiger charge is 2.08. The summed E-state index contributed by atoms with van der Waals surface area (Å²) < 4.78 is 22.0. The van der Waals surface area contributed by atoms with E-state index < -0.39 is 0 Å². The van der Waals surface area contributed by atoms with Crippen LogP contribution in [0.3, 0.4) is 0 Å². The molecule has 0 unspecified atom stereocenters. The number of nitrogens with one attached hydrogen (secondary N) is 1. The molecule has 0 aliphatic carbocycles. The first-order chi connectivity index (χ1) is 13.7. The number of ether oxygens (including phenoxy) is 4. The summed E-state index contributed by atoms with van der Waals surface area (Å²) in [5, 5.41) is 5.49. The van der Waals surface area contributed by atoms with Crippen LogP contribution in [0, 0.1) is 0 Å². The summed E-state index contributed by atoms with van der Waals surface area (Å²) in [5.74, 6) is 2.95. The maximum atomic E-state index is 5.89. The molecule has 6 heteroatoms. The van der Waals surface area contributed by atoms with Crippen molar-refractivity contribution in [1.29, 1.82) is 0 Å². The molecule has 1 aromatic heterocycles. The summed E-state index contributed by atoms with van der Waals surface area (Å²) in [7, 11) is 4.94. The third-order valence-corrected chi connectivity index (χ3v) is 5.13. The number of rotatable bonds is 10. The van der Waals surface area contributed by atoms with Gasteiger partial charge in [-0.3, -0.25) is 0 Å². The van der Waals surface area contributed by atoms with E-state index in [-0.39, 0.29) is 0 Å². The largest absolute Gasteiger partial charge is 0.493 e. The predicted molar refractivity (Wildman–Crippen MR) is 112 cm³/mol. The van der Waals surface area contributed by atoms with Crippen LogP contribution in [0.1, 0.15) is 16.0 Å². The Hall–Kier alpha value is -2.70. The maximum absolute atomic E-state index is 5.89. The van der Waals surface area contributed by atoms with Gasteiger partial charge >= 0.3 is 0 Å². The first-order valence-electron chi connectivity index (χ1n) is 8.97. The molecule has 0 radical (unpaired) electrons. The number of hydrogen-bond acceptors (Lipinski definition) is 6. The van der Waals surface area contributed by atoms with Crippen molar-refractivity contribution in [3.8, 4) is 23.0 Å². The van der Waals surface area contributed by atoms with Crippen LogP contribution in [-0.4, -0.2) is 21.3 Å². The fraction of sp³-hybridized carbons (Fsp3) is 0.273. The molecule has 2 aromatic carbocycles. The van der Waals surface area contributed by atoms with Gasteiger partial charge in [0.1, 0.15) is 6.61 Å². The lowest BCUT2D eigenvalue weighted by molar-refractivity contribution is 0.287. The van der Waals surface area contributed by atoms with E-state index in [0.717, 1.165) is 47.2 Å². The zero-order valence-electron chi connectivity index (χ0n) is 16.4. The Morgan fingerprint density at radius 3 is 1.93 bits per heavy atom. The lowest BCUT2D eigenvalue weighted by atomic mass is 10.1. The van der Waals surface area contributed by atoms with Gasteiger partial charge in [-0.15, -0.1) is 11.3 Å². The fourth-order valence-corrected chi connectivity index (χ4v) is 3.44. The Labute approximate surface area is 169 Å². The van der Waals surface area contributed by atoms with E-state index in [1.807, 2.05) is 47.8 Å². The highest BCUT2D eigenvalue weighted by Crippen LogP contribution is 2.30. The number of hydrogen-bond donors (Lipinski definition) is 1. The van der Waals surface area contributed by atoms with Crippen LogP contribution >= 0.6 is 11.3 Å². The molecule has 0 aliphatic heterocycles. The minimum absolute atomic E-state index is 0.547. The van der Waals surface area contributed by atoms with Crippen LogP contribution in [-0.2, 0) is 19.7 Å². The van der Waals surface area contributed by atoms with E-state index in [1.165, 1.54) is 4.88 Å². The van der Waals surface area contributed by atoms with Gasteiger partial charge in [0.2, 0.25) is 0 Å². The van der Waals surface area contributed by atoms with Gasteiger partial charge in [0.05, 0.1) is 21.3 Å². The second-order valence-corrected chi connectivity index (χ2v) is 7.18. The standard InChI is InChI=1S/C22H25NO4S/c1-24-19-8-6-16(11-21(19)25-2)13-23-14-17-7-9-20(22(12-17)26-3)27-15-18-5-4-10-28-18/h4-12,23H,13-15H2,1-3H3. The molecule has 0 fully saturated rings. The molecule has 1 N–H and O–H groups in total. The van der Waals surface area contributed by atoms with Crippen LogP contribution < -0.4 is 24.3 Å². The Balaban J connectivity index is 1.57. The molecule has 0 bridgehead atoms. The molecule has 1 heterocycles. The van der Waals surface area contributed by atoms with Crippen molar-refractivity contribution in [2.45, 2.75) is 19.7 Å². The van der Waals surface area contributed by atoms with Crippen molar-refractivity contribution in [1.82, 2.24) is 5.32 Å². The van der Waals surface area contributed by atoms with Crippen molar-refractivity contribution in [3.05, 3.63) is 69.9 Å². The van der Waals surface area contributed by atoms with Crippen molar-refractivity contribution in [2.75, 3.05) is 21.3 Å². The molecule has 3 rings (SSSR count). The molecule has 0 amide bonds. The van der Waals surface area contributed by atoms with Crippen LogP contribution in [0.15, 0.2) is 53.9 Å². The summed E-state index contributed by atoms with van der Waals surface area (Å²) in [6, 6.07) is 16.0. The van der Waals surface area contributed by atoms with E-state index in [4.69, 9.17) is 18.9 Å². The molecule has 0 atom stereocenters. The van der Waals surface area contributed by atoms with E-state index in [1.54, 1.807) is 32.7 Å². The number of benzene rings is 2. The van der Waals surface area contributed by atoms with Crippen LogP contribution in [0.2, 0.25) is 0 Å². The summed E-state index contributed by atoms with van der Waals surface area (Å²) in [6.07, 6.45) is 0. The van der Waals surface area contributed by atoms with Crippen LogP contribution in [0.4, 0.5) is 0 Å². The van der Waals surface area contributed by atoms with Gasteiger partial charge in [0.15, 0.2) is 23.0 Å². The molecule has 148 valence electrons. The van der Waals surface area contributed by atoms with E-state index in [0.29, 0.717) is 6.61 Å². The molecular weight excluding hydrogens is 374 g/mol. The molecular formula is C22H25NO4S. The van der Waals surface area contributed by atoms with Gasteiger partial charge < -0.3 is 24.3 Å². The summed E-state index contributed by atoms with van der Waals surface area (Å²) in [4.78, 5) is 1.18. The smallest absolute Gasteiger partial charge is 0.161 e. The quantitative estimate of drug-likeness (QED) is 0.538. The Kier molecular flexibility index (Phi) is 7.17. The zero-order valence-corrected chi connectivity index (χ0v) is 17.2. The van der Waals surface area contributed by atoms with Gasteiger partial charge in [0, 0.05) is 18.0 Å². The summed E-state index contributed by atoms with van der Waals surface area (Å²) in [5.41, 5.74) is 2.25. The average molecular weight is 400 g/mol. The Bertz CT molecular complexity index is 880. The summed E-state index contributed by atoms with van der Waals surface area (Å²) >= 11 is 1.68. The van der Waals surface area contributed by atoms with Gasteiger partial charge in [-0.05, 0) is 46.8 Å². The first kappa shape index (κ1) is 20.0. The molecule has 28 heavy (non-hydrogen) atoms. The first-order valence-corrected chi connectivity index (χ1v) is 9.85. The summed E-state index contributed by atoms with van der Waals surface area (Å²) in [6.45, 7) is 1.99. The SMILES string of the molecule is COc1ccc(CNCc2ccc(OCc3cccs3)c(OC)c2)cc1OC. The second kappa shape index (κ2) is 10.0. The number of methoxy groups -OCH3 is 3. The third-order valence-electron chi connectivity index (χ3n) is 4.28. The zero-order chi connectivity index (χ0) is 19.8. The monoisotopic (exact) mass is 399 g/mol. The molecule has 3 aromatic rings. The van der Waals surface area contributed by atoms with Gasteiger partial charge in [-0.2, -0.15) is 0 Å². The van der Waals surface area contributed by atoms with Crippen molar-refractivity contribution in [2.24, 2.45) is 0 Å². The third kappa shape index (κ3) is 5.18. The average Bonchev–Trinajstić information content (AvgIpc) is 3.26. The van der Waals surface area contributed by atoms with E-state index in [9.17, 15) is 0 Å². The highest BCUT2D eigenvalue weighted by atomic mass is 32.1. The molecule has 0 spiro atoms. The minimum atomic E-state index is 0.547. The van der Waals surface area contributed by atoms with Gasteiger partial charge in [0.25, 0.3) is 0 Å². The normalized spacial score (nSPS) is 10.5. The van der Waals surface area contributed by atoms with Gasteiger partial charge in [-0.25, -0.2) is 0 Å². The predicted octanol–water partition coefficient (Wildman–Crippen LogP) is 4.64. The Morgan fingerprint density at radius 1 is 0.750 bits per heavy atom. The lowest BCUT2D eigenvalue weighted by Crippen LogP contribution is -2.13. The highest BCUT2D eigenvalue weighted by molar-refractivity contribution is 7.09. The fourth-order valence-electron chi connectivity index (χ4n) is 2.83. The Morgan fingerprint density at radius 2 is 1.36 bits per heavy atom. The topological polar surface area (TPSA) is 49.0 Å². The molecule has 0 saturated heterocycles. The molecule has 5 nitrogen and oxygen atoms in total. The lowest BCUT2D eigenvalue weighted by Gasteiger charge is -2.13. The van der Waals surface area contributed by atoms with Crippen LogP contribution in [0.25, 0.3) is 0 Å². The maximum Gasteiger partial charge on any atom is 0.161 e. The molecule has 0 saturated carbocycles. The number of thiophene rings is 1. The molecule has 0 aliphatic rings. The second-order valence-electron chi connectivity index (χ2n) is 6.15. The van der Waals surface area contributed by atoms with Gasteiger partial charge in [-0.1, -0.05) is 18.2 Å². The van der Waals surface area contributed by atoms with E-state index in [2.05, 4.69) is 11.4 Å². The van der Waals surface area contributed by atoms with Crippen molar-refractivity contribution >= 4 is 11.3 Å². The van der Waals surface area contributed by atoms with Crippen LogP contribution in [0.5, 0.6) is 23.0 Å². The van der Waals surface area contributed by atoms with Crippen molar-refractivity contribution < 1.29 is 18.9 Å². The van der Waals surface area contributed by atoms with Crippen molar-refractivity contribution in [3.63, 3.8) is 0 Å². The minimum Gasteiger partial charge on any atom is -0.493 e. The van der Waals surface area contributed by atoms with E-state index >= 15 is 0 Å².